The van der Waals surface area contributed by atoms with Gasteiger partial charge in [-0.15, -0.1) is 0 Å². The van der Waals surface area contributed by atoms with Crippen LogP contribution < -0.4 is 0 Å². The standard InChI is InChI=1S/C21H36O8/c1-16(2)20(24)28-14-18(22)12-26-10-8-6-5-7-9-11-27-13-19(23)15-29-21(25)17(3)4/h18-19,22-23H,1,3,5-15H2,2,4H3. The Balaban J connectivity index is 3.39. The van der Waals surface area contributed by atoms with Crippen LogP contribution >= 0.6 is 0 Å². The highest BCUT2D eigenvalue weighted by Gasteiger charge is 2.10. The van der Waals surface area contributed by atoms with Crippen LogP contribution in [0.25, 0.3) is 0 Å². The Morgan fingerprint density at radius 2 is 1.03 bits per heavy atom. The van der Waals surface area contributed by atoms with Crippen LogP contribution in [-0.4, -0.2) is 74.0 Å². The third-order valence-electron chi connectivity index (χ3n) is 3.71. The largest absolute Gasteiger partial charge is 0.460 e. The van der Waals surface area contributed by atoms with Crippen molar-refractivity contribution in [3.63, 3.8) is 0 Å². The van der Waals surface area contributed by atoms with Gasteiger partial charge < -0.3 is 29.2 Å². The summed E-state index contributed by atoms with van der Waals surface area (Å²) in [7, 11) is 0. The molecule has 0 heterocycles. The van der Waals surface area contributed by atoms with Gasteiger partial charge in [0.2, 0.25) is 0 Å². The summed E-state index contributed by atoms with van der Waals surface area (Å²) in [5.41, 5.74) is 0.590. The third-order valence-corrected chi connectivity index (χ3v) is 3.71. The monoisotopic (exact) mass is 416 g/mol. The summed E-state index contributed by atoms with van der Waals surface area (Å²) in [6.07, 6.45) is 3.12. The van der Waals surface area contributed by atoms with Crippen LogP contribution in [0, 0.1) is 0 Å². The highest BCUT2D eigenvalue weighted by Crippen LogP contribution is 2.04. The average Bonchev–Trinajstić information content (AvgIpc) is 2.67. The summed E-state index contributed by atoms with van der Waals surface area (Å²) in [6, 6.07) is 0. The highest BCUT2D eigenvalue weighted by molar-refractivity contribution is 5.87. The Kier molecular flexibility index (Phi) is 16.1. The minimum atomic E-state index is -0.838. The van der Waals surface area contributed by atoms with Crippen molar-refractivity contribution < 1.29 is 38.7 Å². The molecule has 0 radical (unpaired) electrons. The Labute approximate surface area is 173 Å². The fourth-order valence-corrected chi connectivity index (χ4v) is 2.06. The van der Waals surface area contributed by atoms with E-state index in [1.165, 1.54) is 0 Å². The van der Waals surface area contributed by atoms with E-state index in [-0.39, 0.29) is 26.4 Å². The van der Waals surface area contributed by atoms with E-state index < -0.39 is 24.1 Å². The minimum absolute atomic E-state index is 0.100. The molecule has 0 bridgehead atoms. The van der Waals surface area contributed by atoms with E-state index in [1.807, 2.05) is 0 Å². The molecule has 0 rings (SSSR count). The van der Waals surface area contributed by atoms with Gasteiger partial charge in [0.25, 0.3) is 0 Å². The lowest BCUT2D eigenvalue weighted by molar-refractivity contribution is -0.143. The van der Waals surface area contributed by atoms with E-state index in [1.54, 1.807) is 13.8 Å². The molecule has 0 aliphatic rings. The number of rotatable bonds is 18. The molecule has 0 saturated carbocycles. The molecule has 0 aromatic rings. The van der Waals surface area contributed by atoms with Gasteiger partial charge in [-0.3, -0.25) is 0 Å². The summed E-state index contributed by atoms with van der Waals surface area (Å²) in [5.74, 6) is -1.04. The number of esters is 2. The molecule has 8 nitrogen and oxygen atoms in total. The van der Waals surface area contributed by atoms with Crippen LogP contribution in [0.3, 0.4) is 0 Å². The van der Waals surface area contributed by atoms with E-state index >= 15 is 0 Å². The lowest BCUT2D eigenvalue weighted by Gasteiger charge is -2.12. The predicted molar refractivity (Wildman–Crippen MR) is 108 cm³/mol. The summed E-state index contributed by atoms with van der Waals surface area (Å²) in [5, 5.41) is 19.3. The van der Waals surface area contributed by atoms with E-state index in [0.717, 1.165) is 32.1 Å². The molecule has 0 aliphatic heterocycles. The molecule has 29 heavy (non-hydrogen) atoms. The summed E-state index contributed by atoms with van der Waals surface area (Å²) >= 11 is 0. The number of ether oxygens (including phenoxy) is 4. The summed E-state index contributed by atoms with van der Waals surface area (Å²) in [6.45, 7) is 11.1. The van der Waals surface area contributed by atoms with Gasteiger partial charge in [-0.2, -0.15) is 0 Å². The third kappa shape index (κ3) is 16.9. The van der Waals surface area contributed by atoms with Crippen molar-refractivity contribution in [3.8, 4) is 0 Å². The smallest absolute Gasteiger partial charge is 0.333 e. The van der Waals surface area contributed by atoms with E-state index in [9.17, 15) is 19.8 Å². The van der Waals surface area contributed by atoms with Gasteiger partial charge in [-0.25, -0.2) is 9.59 Å². The molecule has 0 saturated heterocycles. The van der Waals surface area contributed by atoms with Gasteiger partial charge in [0.1, 0.15) is 25.4 Å². The van der Waals surface area contributed by atoms with Crippen molar-refractivity contribution in [2.45, 2.75) is 58.2 Å². The van der Waals surface area contributed by atoms with Crippen LogP contribution in [0.5, 0.6) is 0 Å². The molecule has 2 unspecified atom stereocenters. The van der Waals surface area contributed by atoms with Crippen molar-refractivity contribution in [2.75, 3.05) is 39.6 Å². The van der Waals surface area contributed by atoms with Gasteiger partial charge in [0.15, 0.2) is 0 Å². The van der Waals surface area contributed by atoms with Crippen LogP contribution in [0.1, 0.15) is 46.0 Å². The Morgan fingerprint density at radius 3 is 1.38 bits per heavy atom. The van der Waals surface area contributed by atoms with Gasteiger partial charge in [-0.1, -0.05) is 32.4 Å². The molecule has 2 atom stereocenters. The second-order valence-corrected chi connectivity index (χ2v) is 6.98. The van der Waals surface area contributed by atoms with Crippen molar-refractivity contribution in [1.29, 1.82) is 0 Å². The van der Waals surface area contributed by atoms with E-state index in [4.69, 9.17) is 18.9 Å². The highest BCUT2D eigenvalue weighted by atomic mass is 16.6. The first-order valence-electron chi connectivity index (χ1n) is 9.91. The molecule has 0 aliphatic carbocycles. The quantitative estimate of drug-likeness (QED) is 0.198. The first kappa shape index (κ1) is 27.3. The molecular formula is C21H36O8. The van der Waals surface area contributed by atoms with Crippen LogP contribution in [0.15, 0.2) is 24.3 Å². The maximum Gasteiger partial charge on any atom is 0.333 e. The fraction of sp³-hybridized carbons (Fsp3) is 0.714. The predicted octanol–water partition coefficient (Wildman–Crippen LogP) is 1.93. The van der Waals surface area contributed by atoms with Gasteiger partial charge in [0.05, 0.1) is 13.2 Å². The Morgan fingerprint density at radius 1 is 0.690 bits per heavy atom. The SMILES string of the molecule is C=C(C)C(=O)OCC(O)COCCCCCCCOCC(O)COC(=O)C(=C)C. The van der Waals surface area contributed by atoms with Crippen molar-refractivity contribution in [3.05, 3.63) is 24.3 Å². The molecule has 168 valence electrons. The van der Waals surface area contributed by atoms with E-state index in [2.05, 4.69) is 13.2 Å². The number of carbonyl (C=O) groups is 2. The second-order valence-electron chi connectivity index (χ2n) is 6.98. The number of hydrogen-bond donors (Lipinski definition) is 2. The van der Waals surface area contributed by atoms with Crippen LogP contribution in [-0.2, 0) is 28.5 Å². The molecule has 0 fully saturated rings. The van der Waals surface area contributed by atoms with E-state index in [0.29, 0.717) is 24.4 Å². The first-order valence-corrected chi connectivity index (χ1v) is 9.91. The van der Waals surface area contributed by atoms with Gasteiger partial charge >= 0.3 is 11.9 Å². The van der Waals surface area contributed by atoms with Gasteiger partial charge in [-0.05, 0) is 26.7 Å². The van der Waals surface area contributed by atoms with Crippen LogP contribution in [0.4, 0.5) is 0 Å². The maximum atomic E-state index is 11.2. The molecule has 0 aromatic carbocycles. The lowest BCUT2D eigenvalue weighted by Crippen LogP contribution is -2.24. The molecule has 8 heteroatoms. The summed E-state index contributed by atoms with van der Waals surface area (Å²) < 4.78 is 20.4. The molecule has 0 aromatic heterocycles. The normalized spacial score (nSPS) is 12.8. The van der Waals surface area contributed by atoms with Crippen molar-refractivity contribution in [2.24, 2.45) is 0 Å². The number of carbonyl (C=O) groups excluding carboxylic acids is 2. The topological polar surface area (TPSA) is 112 Å². The number of hydrogen-bond acceptors (Lipinski definition) is 8. The molecule has 2 N–H and O–H groups in total. The molecule has 0 amide bonds. The fourth-order valence-electron chi connectivity index (χ4n) is 2.06. The number of aliphatic hydroxyl groups excluding tert-OH is 2. The van der Waals surface area contributed by atoms with Crippen LogP contribution in [0.2, 0.25) is 0 Å². The lowest BCUT2D eigenvalue weighted by atomic mass is 10.1. The first-order chi connectivity index (χ1) is 13.7. The Hall–Kier alpha value is -1.74. The zero-order valence-corrected chi connectivity index (χ0v) is 17.7. The zero-order chi connectivity index (χ0) is 22.1. The van der Waals surface area contributed by atoms with Gasteiger partial charge in [0, 0.05) is 24.4 Å². The maximum absolute atomic E-state index is 11.2. The molecular weight excluding hydrogens is 380 g/mol. The minimum Gasteiger partial charge on any atom is -0.460 e. The molecule has 0 spiro atoms. The van der Waals surface area contributed by atoms with Crippen molar-refractivity contribution in [1.82, 2.24) is 0 Å². The second kappa shape index (κ2) is 17.1. The van der Waals surface area contributed by atoms with Crippen molar-refractivity contribution >= 4 is 11.9 Å². The number of unbranched alkanes of at least 4 members (excludes halogenated alkanes) is 4. The number of aliphatic hydroxyl groups is 2. The Bertz CT molecular complexity index is 459. The zero-order valence-electron chi connectivity index (χ0n) is 17.7. The summed E-state index contributed by atoms with van der Waals surface area (Å²) in [4.78, 5) is 22.4. The average molecular weight is 417 g/mol.